The van der Waals surface area contributed by atoms with Crippen molar-refractivity contribution in [1.29, 1.82) is 0 Å². The van der Waals surface area contributed by atoms with Gasteiger partial charge in [-0.2, -0.15) is 0 Å². The number of aromatic hydroxyl groups is 1. The van der Waals surface area contributed by atoms with Crippen LogP contribution >= 0.6 is 0 Å². The Kier molecular flexibility index (Phi) is 5.60. The van der Waals surface area contributed by atoms with E-state index in [0.717, 1.165) is 38.5 Å². The van der Waals surface area contributed by atoms with Crippen molar-refractivity contribution >= 4 is 11.9 Å². The Balaban J connectivity index is 1.27. The predicted molar refractivity (Wildman–Crippen MR) is 162 cm³/mol. The number of para-hydroxylation sites is 1. The average molecular weight is 573 g/mol. The van der Waals surface area contributed by atoms with E-state index in [1.165, 1.54) is 30.1 Å². The smallest absolute Gasteiger partial charge is 0.342 e. The molecule has 0 unspecified atom stereocenters. The molecule has 0 aromatic heterocycles. The van der Waals surface area contributed by atoms with Gasteiger partial charge in [0, 0.05) is 16.2 Å². The van der Waals surface area contributed by atoms with Crippen LogP contribution in [0.4, 0.5) is 0 Å². The van der Waals surface area contributed by atoms with E-state index >= 15 is 0 Å². The quantitative estimate of drug-likeness (QED) is 0.361. The van der Waals surface area contributed by atoms with E-state index in [9.17, 15) is 14.7 Å². The van der Waals surface area contributed by atoms with Crippen molar-refractivity contribution in [3.8, 4) is 5.75 Å². The highest BCUT2D eigenvalue weighted by molar-refractivity contribution is 5.92. The van der Waals surface area contributed by atoms with Crippen molar-refractivity contribution < 1.29 is 24.2 Å². The van der Waals surface area contributed by atoms with E-state index in [2.05, 4.69) is 60.6 Å². The number of phenolic OH excluding ortho intramolecular Hbond substituents is 1. The summed E-state index contributed by atoms with van der Waals surface area (Å²) in [5.74, 6) is -0.151. The summed E-state index contributed by atoms with van der Waals surface area (Å²) in [6, 6.07) is 6.56. The number of allylic oxidation sites excluding steroid dienone is 1. The first-order chi connectivity index (χ1) is 19.6. The fourth-order valence-electron chi connectivity index (χ4n) is 11.3. The van der Waals surface area contributed by atoms with Crippen LogP contribution in [0, 0.1) is 38.4 Å². The maximum absolute atomic E-state index is 14.5. The highest BCUT2D eigenvalue weighted by Crippen LogP contribution is 2.81. The molecule has 1 aliphatic heterocycles. The van der Waals surface area contributed by atoms with E-state index in [0.29, 0.717) is 12.3 Å². The van der Waals surface area contributed by atoms with E-state index in [-0.39, 0.29) is 45.0 Å². The zero-order valence-electron chi connectivity index (χ0n) is 26.6. The Labute approximate surface area is 251 Å². The molecular formula is C37H48O5. The summed E-state index contributed by atoms with van der Waals surface area (Å²) < 4.78 is 13.0. The topological polar surface area (TPSA) is 72.8 Å². The Morgan fingerprint density at radius 2 is 1.67 bits per heavy atom. The van der Waals surface area contributed by atoms with Crippen molar-refractivity contribution in [2.75, 3.05) is 0 Å². The molecule has 42 heavy (non-hydrogen) atoms. The number of phenols is 1. The Bertz CT molecular complexity index is 1450. The lowest BCUT2D eigenvalue weighted by molar-refractivity contribution is -0.201. The van der Waals surface area contributed by atoms with E-state index in [1.807, 2.05) is 0 Å². The molecule has 5 aliphatic carbocycles. The molecule has 0 radical (unpaired) electrons. The number of carbonyl (C=O) groups is 2. The lowest BCUT2D eigenvalue weighted by Gasteiger charge is -2.69. The SMILES string of the molecule is CC1(C)CC[C@]2(C)CC[C@]3(C)[C@@]45C=CC6=C(CC[C@H](OC(=O)c7ccccc7O)C6(C)C)[C@]4(C)CC[C@@]3(C(=O)O5)[C@@H]2C1. The molecule has 5 nitrogen and oxygen atoms in total. The third kappa shape index (κ3) is 3.16. The molecule has 6 aliphatic rings. The molecule has 4 fully saturated rings. The third-order valence-corrected chi connectivity index (χ3v) is 14.0. The molecule has 1 aromatic carbocycles. The Morgan fingerprint density at radius 3 is 2.40 bits per heavy atom. The molecule has 1 spiro atoms. The molecule has 5 heteroatoms. The van der Waals surface area contributed by atoms with Crippen LogP contribution in [-0.2, 0) is 14.3 Å². The maximum Gasteiger partial charge on any atom is 0.342 e. The first-order valence-corrected chi connectivity index (χ1v) is 16.2. The third-order valence-electron chi connectivity index (χ3n) is 14.0. The standard InChI is InChI=1S/C37H48O5/c1-31(2)16-17-33(5)18-20-35(7)36(27(33)22-31)21-19-34(6)25-12-13-28(41-29(39)23-10-8-9-11-26(23)38)32(3,4)24(25)14-15-37(34,35)42-30(36)40/h8-11,14-15,27-28,38H,12-13,16-22H2,1-7H3/t27-,28+,33-,34+,35+,36+,37-/m1/s1. The number of ether oxygens (including phenoxy) is 2. The van der Waals surface area contributed by atoms with Gasteiger partial charge in [0.2, 0.25) is 0 Å². The number of esters is 2. The molecule has 3 saturated carbocycles. The van der Waals surface area contributed by atoms with Crippen LogP contribution < -0.4 is 0 Å². The lowest BCUT2D eigenvalue weighted by atomic mass is 9.32. The van der Waals surface area contributed by atoms with E-state index in [1.54, 1.807) is 18.2 Å². The number of hydrogen-bond donors (Lipinski definition) is 1. The molecule has 2 bridgehead atoms. The fourth-order valence-corrected chi connectivity index (χ4v) is 11.3. The molecular weight excluding hydrogens is 524 g/mol. The first-order valence-electron chi connectivity index (χ1n) is 16.2. The predicted octanol–water partition coefficient (Wildman–Crippen LogP) is 8.32. The van der Waals surface area contributed by atoms with Crippen molar-refractivity contribution in [3.63, 3.8) is 0 Å². The molecule has 1 aromatic rings. The fraction of sp³-hybridized carbons (Fsp3) is 0.676. The number of fused-ring (bicyclic) bond motifs is 2. The number of hydrogen-bond acceptors (Lipinski definition) is 5. The van der Waals surface area contributed by atoms with Crippen LogP contribution in [0.2, 0.25) is 0 Å². The van der Waals surface area contributed by atoms with E-state index in [4.69, 9.17) is 9.47 Å². The highest BCUT2D eigenvalue weighted by Gasteiger charge is 2.83. The molecule has 7 atom stereocenters. The van der Waals surface area contributed by atoms with Crippen LogP contribution in [0.25, 0.3) is 0 Å². The molecule has 0 amide bonds. The van der Waals surface area contributed by atoms with Crippen LogP contribution in [0.15, 0.2) is 47.6 Å². The van der Waals surface area contributed by atoms with Crippen molar-refractivity contribution in [2.45, 2.75) is 118 Å². The van der Waals surface area contributed by atoms with Gasteiger partial charge in [0.25, 0.3) is 0 Å². The Hall–Kier alpha value is -2.56. The van der Waals surface area contributed by atoms with Crippen molar-refractivity contribution in [3.05, 3.63) is 53.1 Å². The summed E-state index contributed by atoms with van der Waals surface area (Å²) in [7, 11) is 0. The van der Waals surface area contributed by atoms with Crippen LogP contribution in [0.5, 0.6) is 5.75 Å². The Morgan fingerprint density at radius 1 is 0.952 bits per heavy atom. The molecule has 1 heterocycles. The van der Waals surface area contributed by atoms with Gasteiger partial charge in [-0.15, -0.1) is 0 Å². The maximum atomic E-state index is 14.5. The van der Waals surface area contributed by atoms with Gasteiger partial charge in [0.1, 0.15) is 23.0 Å². The van der Waals surface area contributed by atoms with Crippen LogP contribution in [0.1, 0.15) is 117 Å². The van der Waals surface area contributed by atoms with Crippen LogP contribution in [-0.4, -0.2) is 28.8 Å². The lowest BCUT2D eigenvalue weighted by Crippen LogP contribution is -2.69. The molecule has 1 saturated heterocycles. The summed E-state index contributed by atoms with van der Waals surface area (Å²) in [5, 5.41) is 10.2. The van der Waals surface area contributed by atoms with Gasteiger partial charge in [0.15, 0.2) is 0 Å². The molecule has 226 valence electrons. The number of benzene rings is 1. The zero-order chi connectivity index (χ0) is 30.1. The minimum atomic E-state index is -0.660. The van der Waals surface area contributed by atoms with Gasteiger partial charge < -0.3 is 14.6 Å². The van der Waals surface area contributed by atoms with Gasteiger partial charge in [-0.1, -0.05) is 72.2 Å². The second kappa shape index (κ2) is 8.33. The minimum absolute atomic E-state index is 0.0561. The summed E-state index contributed by atoms with van der Waals surface area (Å²) in [6.45, 7) is 16.3. The largest absolute Gasteiger partial charge is 0.507 e. The normalized spacial score (nSPS) is 44.3. The van der Waals surface area contributed by atoms with Gasteiger partial charge in [-0.05, 0) is 98.3 Å². The summed E-state index contributed by atoms with van der Waals surface area (Å²) in [5.41, 5.74) is 1.12. The molecule has 1 N–H and O–H groups in total. The van der Waals surface area contributed by atoms with Gasteiger partial charge >= 0.3 is 11.9 Å². The minimum Gasteiger partial charge on any atom is -0.507 e. The monoisotopic (exact) mass is 572 g/mol. The highest BCUT2D eigenvalue weighted by atomic mass is 16.6. The summed E-state index contributed by atoms with van der Waals surface area (Å²) in [6.07, 6.45) is 13.2. The molecule has 7 rings (SSSR count). The summed E-state index contributed by atoms with van der Waals surface area (Å²) >= 11 is 0. The number of carbonyl (C=O) groups excluding carboxylic acids is 2. The van der Waals surface area contributed by atoms with Crippen molar-refractivity contribution in [1.82, 2.24) is 0 Å². The second-order valence-electron chi connectivity index (χ2n) is 16.7. The summed E-state index contributed by atoms with van der Waals surface area (Å²) in [4.78, 5) is 27.6. The zero-order valence-corrected chi connectivity index (χ0v) is 26.6. The van der Waals surface area contributed by atoms with E-state index < -0.39 is 22.4 Å². The average Bonchev–Trinajstić information content (AvgIpc) is 3.04. The number of rotatable bonds is 2. The van der Waals surface area contributed by atoms with Crippen LogP contribution in [0.3, 0.4) is 0 Å². The van der Waals surface area contributed by atoms with Gasteiger partial charge in [-0.25, -0.2) is 4.79 Å². The van der Waals surface area contributed by atoms with Crippen molar-refractivity contribution in [2.24, 2.45) is 38.4 Å². The van der Waals surface area contributed by atoms with Gasteiger partial charge in [-0.3, -0.25) is 4.79 Å². The van der Waals surface area contributed by atoms with Gasteiger partial charge in [0.05, 0.1) is 5.41 Å². The first kappa shape index (κ1) is 28.2. The second-order valence-corrected chi connectivity index (χ2v) is 16.7.